The van der Waals surface area contributed by atoms with Crippen molar-refractivity contribution in [3.63, 3.8) is 0 Å². The van der Waals surface area contributed by atoms with Crippen LogP contribution < -0.4 is 19.5 Å². The molecule has 0 aliphatic rings. The smallest absolute Gasteiger partial charge is 0.341 e. The Kier molecular flexibility index (Phi) is 6.59. The largest absolute Gasteiger partial charge is 0.493 e. The van der Waals surface area contributed by atoms with Crippen LogP contribution in [-0.4, -0.2) is 37.8 Å². The van der Waals surface area contributed by atoms with Gasteiger partial charge >= 0.3 is 5.97 Å². The summed E-state index contributed by atoms with van der Waals surface area (Å²) in [5, 5.41) is 11.3. The lowest BCUT2D eigenvalue weighted by atomic mass is 10.1. The molecule has 2 N–H and O–H groups in total. The average Bonchev–Trinajstić information content (AvgIpc) is 2.66. The molecule has 27 heavy (non-hydrogen) atoms. The molecule has 2 aromatic rings. The molecule has 0 saturated carbocycles. The van der Waals surface area contributed by atoms with E-state index in [1.165, 1.54) is 20.3 Å². The topological polar surface area (TPSA) is 94.1 Å². The van der Waals surface area contributed by atoms with Gasteiger partial charge in [0.2, 0.25) is 0 Å². The van der Waals surface area contributed by atoms with Gasteiger partial charge in [0, 0.05) is 6.07 Å². The number of hydrogen-bond acceptors (Lipinski definition) is 5. The number of methoxy groups -OCH3 is 2. The molecule has 7 nitrogen and oxygen atoms in total. The Bertz CT molecular complexity index is 822. The predicted molar refractivity (Wildman–Crippen MR) is 95.0 cm³/mol. The SMILES string of the molecule is COc1cc(F)c(C(=O)NC(C)c2ccc(OCC(=O)O)cc2)cc1OC. The Morgan fingerprint density at radius 3 is 2.26 bits per heavy atom. The Morgan fingerprint density at radius 1 is 1.11 bits per heavy atom. The van der Waals surface area contributed by atoms with Gasteiger partial charge in [-0.1, -0.05) is 12.1 Å². The number of halogens is 1. The number of hydrogen-bond donors (Lipinski definition) is 2. The van der Waals surface area contributed by atoms with E-state index in [0.717, 1.165) is 11.6 Å². The van der Waals surface area contributed by atoms with E-state index in [1.807, 2.05) is 0 Å². The zero-order valence-corrected chi connectivity index (χ0v) is 15.1. The van der Waals surface area contributed by atoms with Crippen LogP contribution in [0.25, 0.3) is 0 Å². The van der Waals surface area contributed by atoms with Gasteiger partial charge in [-0.2, -0.15) is 0 Å². The lowest BCUT2D eigenvalue weighted by Crippen LogP contribution is -2.27. The van der Waals surface area contributed by atoms with Gasteiger partial charge in [-0.3, -0.25) is 4.79 Å². The van der Waals surface area contributed by atoms with Gasteiger partial charge in [0.05, 0.1) is 25.8 Å². The van der Waals surface area contributed by atoms with Crippen molar-refractivity contribution in [1.82, 2.24) is 5.32 Å². The fraction of sp³-hybridized carbons (Fsp3) is 0.263. The van der Waals surface area contributed by atoms with E-state index in [1.54, 1.807) is 31.2 Å². The standard InChI is InChI=1S/C19H20FNO6/c1-11(12-4-6-13(7-5-12)27-10-18(22)23)21-19(24)14-8-16(25-2)17(26-3)9-15(14)20/h4-9,11H,10H2,1-3H3,(H,21,24)(H,22,23). The molecule has 0 aliphatic carbocycles. The number of nitrogens with one attached hydrogen (secondary N) is 1. The van der Waals surface area contributed by atoms with Gasteiger partial charge in [-0.15, -0.1) is 0 Å². The first kappa shape index (κ1) is 20.0. The van der Waals surface area contributed by atoms with E-state index in [0.29, 0.717) is 5.75 Å². The maximum Gasteiger partial charge on any atom is 0.341 e. The van der Waals surface area contributed by atoms with Crippen LogP contribution in [0, 0.1) is 5.82 Å². The molecule has 0 saturated heterocycles. The Labute approximate surface area is 155 Å². The summed E-state index contributed by atoms with van der Waals surface area (Å²) < 4.78 is 29.4. The van der Waals surface area contributed by atoms with Crippen molar-refractivity contribution in [2.75, 3.05) is 20.8 Å². The van der Waals surface area contributed by atoms with E-state index in [-0.39, 0.29) is 17.1 Å². The molecular weight excluding hydrogens is 357 g/mol. The lowest BCUT2D eigenvalue weighted by molar-refractivity contribution is -0.139. The van der Waals surface area contributed by atoms with Crippen LogP contribution in [0.3, 0.4) is 0 Å². The summed E-state index contributed by atoms with van der Waals surface area (Å²) in [6, 6.07) is 8.51. The number of amides is 1. The third-order valence-corrected chi connectivity index (χ3v) is 3.81. The predicted octanol–water partition coefficient (Wildman–Crippen LogP) is 2.80. The molecule has 144 valence electrons. The van der Waals surface area contributed by atoms with Crippen LogP contribution >= 0.6 is 0 Å². The maximum absolute atomic E-state index is 14.2. The zero-order chi connectivity index (χ0) is 20.0. The van der Waals surface area contributed by atoms with Crippen molar-refractivity contribution in [2.24, 2.45) is 0 Å². The molecule has 0 spiro atoms. The lowest BCUT2D eigenvalue weighted by Gasteiger charge is -2.16. The summed E-state index contributed by atoms with van der Waals surface area (Å²) in [7, 11) is 2.77. The Hall–Kier alpha value is -3.29. The van der Waals surface area contributed by atoms with Crippen LogP contribution in [0.1, 0.15) is 28.9 Å². The van der Waals surface area contributed by atoms with Gasteiger partial charge in [0.25, 0.3) is 5.91 Å². The van der Waals surface area contributed by atoms with E-state index in [4.69, 9.17) is 19.3 Å². The summed E-state index contributed by atoms with van der Waals surface area (Å²) in [5.41, 5.74) is 0.577. The Morgan fingerprint density at radius 2 is 1.70 bits per heavy atom. The number of carboxylic acid groups (broad SMARTS) is 1. The third-order valence-electron chi connectivity index (χ3n) is 3.81. The molecule has 2 aromatic carbocycles. The molecule has 0 fully saturated rings. The van der Waals surface area contributed by atoms with Crippen molar-refractivity contribution >= 4 is 11.9 Å². The minimum atomic E-state index is -1.07. The monoisotopic (exact) mass is 377 g/mol. The van der Waals surface area contributed by atoms with Gasteiger partial charge in [0.15, 0.2) is 18.1 Å². The fourth-order valence-electron chi connectivity index (χ4n) is 2.38. The first-order valence-electron chi connectivity index (χ1n) is 8.02. The van der Waals surface area contributed by atoms with E-state index in [2.05, 4.69) is 5.32 Å². The van der Waals surface area contributed by atoms with E-state index >= 15 is 0 Å². The first-order valence-corrected chi connectivity index (χ1v) is 8.02. The molecule has 0 heterocycles. The minimum Gasteiger partial charge on any atom is -0.493 e. The number of carboxylic acids is 1. The van der Waals surface area contributed by atoms with Crippen LogP contribution in [0.4, 0.5) is 4.39 Å². The molecule has 1 atom stereocenters. The van der Waals surface area contributed by atoms with Crippen LogP contribution in [0.2, 0.25) is 0 Å². The van der Waals surface area contributed by atoms with Crippen molar-refractivity contribution in [1.29, 1.82) is 0 Å². The second-order valence-electron chi connectivity index (χ2n) is 5.63. The summed E-state index contributed by atoms with van der Waals surface area (Å²) in [6.45, 7) is 1.30. The molecule has 8 heteroatoms. The van der Waals surface area contributed by atoms with Crippen molar-refractivity contribution in [2.45, 2.75) is 13.0 Å². The van der Waals surface area contributed by atoms with E-state index in [9.17, 15) is 14.0 Å². The molecule has 0 bridgehead atoms. The molecule has 0 aliphatic heterocycles. The van der Waals surface area contributed by atoms with E-state index < -0.39 is 30.3 Å². The normalized spacial score (nSPS) is 11.4. The van der Waals surface area contributed by atoms with Crippen LogP contribution in [0.5, 0.6) is 17.2 Å². The molecule has 0 aromatic heterocycles. The number of rotatable bonds is 8. The second-order valence-corrected chi connectivity index (χ2v) is 5.63. The second kappa shape index (κ2) is 8.88. The number of aliphatic carboxylic acids is 1. The molecule has 2 rings (SSSR count). The highest BCUT2D eigenvalue weighted by Crippen LogP contribution is 2.30. The van der Waals surface area contributed by atoms with Crippen molar-refractivity contribution < 1.29 is 33.3 Å². The van der Waals surface area contributed by atoms with Crippen LogP contribution in [-0.2, 0) is 4.79 Å². The highest BCUT2D eigenvalue weighted by atomic mass is 19.1. The highest BCUT2D eigenvalue weighted by Gasteiger charge is 2.19. The number of carbonyl (C=O) groups is 2. The molecule has 0 radical (unpaired) electrons. The van der Waals surface area contributed by atoms with Gasteiger partial charge in [-0.25, -0.2) is 9.18 Å². The first-order chi connectivity index (χ1) is 12.8. The number of ether oxygens (including phenoxy) is 3. The fourth-order valence-corrected chi connectivity index (χ4v) is 2.38. The summed E-state index contributed by atoms with van der Waals surface area (Å²) in [4.78, 5) is 22.9. The summed E-state index contributed by atoms with van der Waals surface area (Å²) in [5.74, 6) is -1.57. The van der Waals surface area contributed by atoms with Gasteiger partial charge in [0.1, 0.15) is 11.6 Å². The van der Waals surface area contributed by atoms with Gasteiger partial charge in [-0.05, 0) is 30.7 Å². The Balaban J connectivity index is 2.10. The average molecular weight is 377 g/mol. The van der Waals surface area contributed by atoms with Crippen molar-refractivity contribution in [3.05, 3.63) is 53.3 Å². The minimum absolute atomic E-state index is 0.166. The number of benzene rings is 2. The molecule has 1 amide bonds. The van der Waals surface area contributed by atoms with Crippen molar-refractivity contribution in [3.8, 4) is 17.2 Å². The maximum atomic E-state index is 14.2. The summed E-state index contributed by atoms with van der Waals surface area (Å²) in [6.07, 6.45) is 0. The highest BCUT2D eigenvalue weighted by molar-refractivity contribution is 5.95. The summed E-state index contributed by atoms with van der Waals surface area (Å²) >= 11 is 0. The number of carbonyl (C=O) groups excluding carboxylic acids is 1. The third kappa shape index (κ3) is 5.10. The van der Waals surface area contributed by atoms with Gasteiger partial charge < -0.3 is 24.6 Å². The van der Waals surface area contributed by atoms with Crippen LogP contribution in [0.15, 0.2) is 36.4 Å². The molecular formula is C19H20FNO6. The zero-order valence-electron chi connectivity index (χ0n) is 15.1. The quantitative estimate of drug-likeness (QED) is 0.735. The molecule has 1 unspecified atom stereocenters.